The van der Waals surface area contributed by atoms with E-state index in [0.717, 1.165) is 5.56 Å². The molecular formula is C15H25N3O2. The Labute approximate surface area is 121 Å². The van der Waals surface area contributed by atoms with Crippen LogP contribution in [0.5, 0.6) is 0 Å². The summed E-state index contributed by atoms with van der Waals surface area (Å²) in [5.74, 6) is 0.0105. The molecule has 0 heterocycles. The van der Waals surface area contributed by atoms with Gasteiger partial charge in [0.25, 0.3) is 0 Å². The number of hydrogen-bond acceptors (Lipinski definition) is 4. The van der Waals surface area contributed by atoms with E-state index < -0.39 is 6.10 Å². The van der Waals surface area contributed by atoms with Gasteiger partial charge in [-0.3, -0.25) is 9.69 Å². The molecule has 0 aliphatic heterocycles. The summed E-state index contributed by atoms with van der Waals surface area (Å²) in [5.41, 5.74) is 7.12. The van der Waals surface area contributed by atoms with Crippen LogP contribution in [0.25, 0.3) is 0 Å². The first-order valence-corrected chi connectivity index (χ1v) is 6.76. The van der Waals surface area contributed by atoms with Gasteiger partial charge in [-0.1, -0.05) is 30.3 Å². The van der Waals surface area contributed by atoms with Gasteiger partial charge in [0.1, 0.15) is 0 Å². The van der Waals surface area contributed by atoms with Gasteiger partial charge in [-0.25, -0.2) is 0 Å². The third-order valence-corrected chi connectivity index (χ3v) is 3.21. The molecule has 5 nitrogen and oxygen atoms in total. The van der Waals surface area contributed by atoms with E-state index in [2.05, 4.69) is 0 Å². The summed E-state index contributed by atoms with van der Waals surface area (Å²) in [7, 11) is 5.24. The summed E-state index contributed by atoms with van der Waals surface area (Å²) in [6.07, 6.45) is -0.0348. The highest BCUT2D eigenvalue weighted by Crippen LogP contribution is 2.05. The maximum Gasteiger partial charge on any atom is 0.236 e. The maximum atomic E-state index is 11.6. The molecule has 1 amide bonds. The quantitative estimate of drug-likeness (QED) is 0.733. The van der Waals surface area contributed by atoms with Crippen LogP contribution in [0.2, 0.25) is 0 Å². The summed E-state index contributed by atoms with van der Waals surface area (Å²) < 4.78 is 0. The highest BCUT2D eigenvalue weighted by molar-refractivity contribution is 5.77. The number of benzene rings is 1. The van der Waals surface area contributed by atoms with Gasteiger partial charge in [-0.15, -0.1) is 0 Å². The Morgan fingerprint density at radius 1 is 1.25 bits per heavy atom. The van der Waals surface area contributed by atoms with Gasteiger partial charge in [-0.05, 0) is 19.0 Å². The monoisotopic (exact) mass is 279 g/mol. The van der Waals surface area contributed by atoms with Crippen molar-refractivity contribution < 1.29 is 9.90 Å². The molecule has 2 unspecified atom stereocenters. The van der Waals surface area contributed by atoms with Crippen LogP contribution < -0.4 is 5.73 Å². The van der Waals surface area contributed by atoms with Crippen molar-refractivity contribution in [1.82, 2.24) is 9.80 Å². The van der Waals surface area contributed by atoms with E-state index in [1.807, 2.05) is 30.3 Å². The zero-order valence-electron chi connectivity index (χ0n) is 12.5. The topological polar surface area (TPSA) is 69.8 Å². The maximum absolute atomic E-state index is 11.6. The first-order chi connectivity index (χ1) is 9.40. The van der Waals surface area contributed by atoms with Crippen molar-refractivity contribution in [3.63, 3.8) is 0 Å². The van der Waals surface area contributed by atoms with E-state index in [1.54, 1.807) is 26.0 Å². The number of amides is 1. The number of aliphatic hydroxyl groups is 1. The van der Waals surface area contributed by atoms with E-state index in [0.29, 0.717) is 13.0 Å². The Hall–Kier alpha value is -1.43. The van der Waals surface area contributed by atoms with Crippen LogP contribution >= 0.6 is 0 Å². The molecule has 112 valence electrons. The molecule has 1 aromatic carbocycles. The molecule has 0 aliphatic rings. The van der Waals surface area contributed by atoms with E-state index in [4.69, 9.17) is 5.73 Å². The predicted molar refractivity (Wildman–Crippen MR) is 80.3 cm³/mol. The van der Waals surface area contributed by atoms with Crippen molar-refractivity contribution in [2.45, 2.75) is 18.6 Å². The van der Waals surface area contributed by atoms with Crippen LogP contribution in [0.3, 0.4) is 0 Å². The highest BCUT2D eigenvalue weighted by Gasteiger charge is 2.18. The SMILES string of the molecule is CN(CC(=O)N(C)C)CC(O)C(N)Cc1ccccc1. The van der Waals surface area contributed by atoms with Crippen LogP contribution in [0.1, 0.15) is 5.56 Å². The third-order valence-electron chi connectivity index (χ3n) is 3.21. The number of carbonyl (C=O) groups excluding carboxylic acids is 1. The summed E-state index contributed by atoms with van der Waals surface area (Å²) in [4.78, 5) is 14.9. The molecule has 3 N–H and O–H groups in total. The zero-order chi connectivity index (χ0) is 15.1. The van der Waals surface area contributed by atoms with Crippen molar-refractivity contribution in [3.05, 3.63) is 35.9 Å². The third kappa shape index (κ3) is 5.69. The number of likely N-dealkylation sites (N-methyl/N-ethyl adjacent to an activating group) is 2. The second kappa shape index (κ2) is 7.99. The lowest BCUT2D eigenvalue weighted by Gasteiger charge is -2.25. The fourth-order valence-corrected chi connectivity index (χ4v) is 1.91. The average molecular weight is 279 g/mol. The van der Waals surface area contributed by atoms with Gasteiger partial charge in [0.05, 0.1) is 12.6 Å². The Morgan fingerprint density at radius 2 is 1.85 bits per heavy atom. The molecular weight excluding hydrogens is 254 g/mol. The fraction of sp³-hybridized carbons (Fsp3) is 0.533. The summed E-state index contributed by atoms with van der Waals surface area (Å²) in [6.45, 7) is 0.662. The lowest BCUT2D eigenvalue weighted by molar-refractivity contribution is -0.129. The number of nitrogens with two attached hydrogens (primary N) is 1. The van der Waals surface area contributed by atoms with Gasteiger partial charge in [0.15, 0.2) is 0 Å². The summed E-state index contributed by atoms with van der Waals surface area (Å²) in [6, 6.07) is 9.51. The number of aliphatic hydroxyl groups excluding tert-OH is 1. The minimum atomic E-state index is -0.657. The fourth-order valence-electron chi connectivity index (χ4n) is 1.91. The van der Waals surface area contributed by atoms with E-state index in [-0.39, 0.29) is 18.5 Å². The van der Waals surface area contributed by atoms with Gasteiger partial charge in [0.2, 0.25) is 5.91 Å². The second-order valence-electron chi connectivity index (χ2n) is 5.41. The first-order valence-electron chi connectivity index (χ1n) is 6.76. The van der Waals surface area contributed by atoms with Crippen LogP contribution in [0.15, 0.2) is 30.3 Å². The first kappa shape index (κ1) is 16.6. The molecule has 20 heavy (non-hydrogen) atoms. The highest BCUT2D eigenvalue weighted by atomic mass is 16.3. The molecule has 0 bridgehead atoms. The van der Waals surface area contributed by atoms with Crippen molar-refractivity contribution in [3.8, 4) is 0 Å². The van der Waals surface area contributed by atoms with Crippen LogP contribution in [-0.2, 0) is 11.2 Å². The number of nitrogens with zero attached hydrogens (tertiary/aromatic N) is 2. The van der Waals surface area contributed by atoms with Crippen molar-refractivity contribution in [1.29, 1.82) is 0 Å². The number of rotatable bonds is 7. The lowest BCUT2D eigenvalue weighted by atomic mass is 10.0. The normalized spacial score (nSPS) is 14.1. The minimum absolute atomic E-state index is 0.0105. The predicted octanol–water partition coefficient (Wildman–Crippen LogP) is -0.0627. The van der Waals surface area contributed by atoms with Crippen molar-refractivity contribution in [2.75, 3.05) is 34.2 Å². The van der Waals surface area contributed by atoms with Crippen LogP contribution in [-0.4, -0.2) is 67.2 Å². The van der Waals surface area contributed by atoms with Gasteiger partial charge in [-0.2, -0.15) is 0 Å². The van der Waals surface area contributed by atoms with Gasteiger partial charge < -0.3 is 15.7 Å². The Balaban J connectivity index is 2.41. The smallest absolute Gasteiger partial charge is 0.236 e. The Bertz CT molecular complexity index is 409. The molecule has 0 radical (unpaired) electrons. The number of carbonyl (C=O) groups is 1. The summed E-state index contributed by atoms with van der Waals surface area (Å²) >= 11 is 0. The largest absolute Gasteiger partial charge is 0.390 e. The minimum Gasteiger partial charge on any atom is -0.390 e. The van der Waals surface area contributed by atoms with Crippen molar-refractivity contribution in [2.24, 2.45) is 5.73 Å². The molecule has 0 aromatic heterocycles. The summed E-state index contributed by atoms with van der Waals surface area (Å²) in [5, 5.41) is 10.1. The van der Waals surface area contributed by atoms with Gasteiger partial charge in [0, 0.05) is 26.7 Å². The lowest BCUT2D eigenvalue weighted by Crippen LogP contribution is -2.45. The van der Waals surface area contributed by atoms with E-state index in [1.165, 1.54) is 4.90 Å². The van der Waals surface area contributed by atoms with E-state index >= 15 is 0 Å². The second-order valence-corrected chi connectivity index (χ2v) is 5.41. The number of hydrogen-bond donors (Lipinski definition) is 2. The molecule has 0 saturated heterocycles. The molecule has 1 rings (SSSR count). The molecule has 0 saturated carbocycles. The van der Waals surface area contributed by atoms with Crippen LogP contribution in [0, 0.1) is 0 Å². The Kier molecular flexibility index (Phi) is 6.64. The average Bonchev–Trinajstić information content (AvgIpc) is 2.39. The molecule has 0 aliphatic carbocycles. The molecule has 5 heteroatoms. The molecule has 0 fully saturated rings. The zero-order valence-corrected chi connectivity index (χ0v) is 12.5. The van der Waals surface area contributed by atoms with Crippen molar-refractivity contribution >= 4 is 5.91 Å². The molecule has 1 aromatic rings. The molecule has 2 atom stereocenters. The Morgan fingerprint density at radius 3 is 2.40 bits per heavy atom. The molecule has 0 spiro atoms. The van der Waals surface area contributed by atoms with Gasteiger partial charge >= 0.3 is 0 Å². The van der Waals surface area contributed by atoms with E-state index in [9.17, 15) is 9.90 Å². The van der Waals surface area contributed by atoms with Crippen LogP contribution in [0.4, 0.5) is 0 Å². The standard InChI is InChI=1S/C15H25N3O2/c1-17(2)15(20)11-18(3)10-14(19)13(16)9-12-7-5-4-6-8-12/h4-8,13-14,19H,9-11,16H2,1-3H3.